The van der Waals surface area contributed by atoms with Crippen LogP contribution in [0.4, 0.5) is 5.69 Å². The van der Waals surface area contributed by atoms with E-state index in [4.69, 9.17) is 16.3 Å². The minimum atomic E-state index is -0.284. The number of esters is 1. The highest BCUT2D eigenvalue weighted by Crippen LogP contribution is 2.52. The van der Waals surface area contributed by atoms with Crippen LogP contribution in [0.3, 0.4) is 0 Å². The summed E-state index contributed by atoms with van der Waals surface area (Å²) >= 11 is 6.48. The van der Waals surface area contributed by atoms with Gasteiger partial charge in [-0.3, -0.25) is 0 Å². The summed E-state index contributed by atoms with van der Waals surface area (Å²) in [6.45, 7) is 2.07. The van der Waals surface area contributed by atoms with E-state index in [0.29, 0.717) is 11.5 Å². The molecule has 128 valence electrons. The number of aryl methyl sites for hydroxylation is 1. The van der Waals surface area contributed by atoms with Gasteiger partial charge in [0.2, 0.25) is 0 Å². The van der Waals surface area contributed by atoms with Crippen molar-refractivity contribution >= 4 is 23.3 Å². The van der Waals surface area contributed by atoms with Crippen molar-refractivity contribution in [1.82, 2.24) is 0 Å². The summed E-state index contributed by atoms with van der Waals surface area (Å²) in [6.07, 6.45) is 5.39. The predicted molar refractivity (Wildman–Crippen MR) is 100 cm³/mol. The summed E-state index contributed by atoms with van der Waals surface area (Å²) < 4.78 is 5.01. The molecule has 0 spiro atoms. The molecule has 0 saturated carbocycles. The van der Waals surface area contributed by atoms with Gasteiger partial charge in [-0.2, -0.15) is 0 Å². The highest BCUT2D eigenvalue weighted by molar-refractivity contribution is 6.31. The summed E-state index contributed by atoms with van der Waals surface area (Å²) in [7, 11) is 1.43. The summed E-state index contributed by atoms with van der Waals surface area (Å²) in [6, 6.07) is 12.0. The van der Waals surface area contributed by atoms with Gasteiger partial charge in [-0.25, -0.2) is 4.79 Å². The van der Waals surface area contributed by atoms with Crippen LogP contribution in [0.25, 0.3) is 0 Å². The van der Waals surface area contributed by atoms with Gasteiger partial charge in [0, 0.05) is 16.6 Å². The number of carbonyl (C=O) groups excluding carboxylic acids is 1. The van der Waals surface area contributed by atoms with E-state index >= 15 is 0 Å². The second-order valence-corrected chi connectivity index (χ2v) is 7.11. The van der Waals surface area contributed by atoms with Crippen LogP contribution in [0.1, 0.15) is 45.4 Å². The lowest BCUT2D eigenvalue weighted by Gasteiger charge is -2.39. The third-order valence-corrected chi connectivity index (χ3v) is 5.72. The Morgan fingerprint density at radius 2 is 2.04 bits per heavy atom. The monoisotopic (exact) mass is 353 g/mol. The van der Waals surface area contributed by atoms with E-state index < -0.39 is 0 Å². The van der Waals surface area contributed by atoms with Gasteiger partial charge in [-0.05, 0) is 48.1 Å². The second-order valence-electron chi connectivity index (χ2n) is 6.71. The Morgan fingerprint density at radius 3 is 2.80 bits per heavy atom. The van der Waals surface area contributed by atoms with Gasteiger partial charge in [-0.15, -0.1) is 0 Å². The standard InChI is InChI=1S/C21H20ClNO2/c1-12-10-11-16(21(24)25-2)18-13-7-5-8-14(13)20(23-19(12)18)15-6-3-4-9-17(15)22/h3-7,9-11,13-14,20,23H,8H2,1-2H3/t13-,14+,20-/m1/s1. The molecule has 0 bridgehead atoms. The molecule has 0 unspecified atom stereocenters. The molecule has 4 rings (SSSR count). The van der Waals surface area contributed by atoms with Crippen LogP contribution in [0.2, 0.25) is 5.02 Å². The SMILES string of the molecule is COC(=O)c1ccc(C)c2c1[C@@H]1C=CC[C@@H]1[C@H](c1ccccc1Cl)N2. The normalized spacial score (nSPS) is 23.6. The first-order valence-electron chi connectivity index (χ1n) is 8.51. The van der Waals surface area contributed by atoms with Crippen molar-refractivity contribution in [3.63, 3.8) is 0 Å². The topological polar surface area (TPSA) is 38.3 Å². The van der Waals surface area contributed by atoms with Crippen molar-refractivity contribution in [2.24, 2.45) is 5.92 Å². The van der Waals surface area contributed by atoms with E-state index in [0.717, 1.165) is 33.8 Å². The maximum absolute atomic E-state index is 12.3. The number of rotatable bonds is 2. The fourth-order valence-corrected chi connectivity index (χ4v) is 4.43. The van der Waals surface area contributed by atoms with Crippen LogP contribution in [-0.4, -0.2) is 13.1 Å². The van der Waals surface area contributed by atoms with E-state index in [1.807, 2.05) is 30.3 Å². The number of allylic oxidation sites excluding steroid dienone is 2. The lowest BCUT2D eigenvalue weighted by molar-refractivity contribution is 0.0598. The molecule has 3 nitrogen and oxygen atoms in total. The number of anilines is 1. The quantitative estimate of drug-likeness (QED) is 0.591. The third-order valence-electron chi connectivity index (χ3n) is 5.37. The van der Waals surface area contributed by atoms with E-state index in [1.54, 1.807) is 0 Å². The zero-order valence-electron chi connectivity index (χ0n) is 14.3. The molecule has 1 heterocycles. The first-order valence-corrected chi connectivity index (χ1v) is 8.89. The molecule has 0 fully saturated rings. The summed E-state index contributed by atoms with van der Waals surface area (Å²) in [5.74, 6) is 0.234. The molecule has 0 radical (unpaired) electrons. The Balaban J connectivity index is 1.89. The first kappa shape index (κ1) is 16.2. The number of hydrogen-bond acceptors (Lipinski definition) is 3. The lowest BCUT2D eigenvalue weighted by atomic mass is 9.74. The van der Waals surface area contributed by atoms with Gasteiger partial charge in [-0.1, -0.05) is 48.0 Å². The maximum Gasteiger partial charge on any atom is 0.338 e. The van der Waals surface area contributed by atoms with Crippen molar-refractivity contribution < 1.29 is 9.53 Å². The van der Waals surface area contributed by atoms with Crippen LogP contribution < -0.4 is 5.32 Å². The fraction of sp³-hybridized carbons (Fsp3) is 0.286. The molecule has 1 N–H and O–H groups in total. The van der Waals surface area contributed by atoms with Gasteiger partial charge in [0.05, 0.1) is 18.7 Å². The Bertz CT molecular complexity index is 874. The van der Waals surface area contributed by atoms with Crippen molar-refractivity contribution in [1.29, 1.82) is 0 Å². The average molecular weight is 354 g/mol. The number of nitrogens with one attached hydrogen (secondary N) is 1. The Hall–Kier alpha value is -2.26. The molecule has 4 heteroatoms. The highest BCUT2D eigenvalue weighted by atomic mass is 35.5. The molecular formula is C21H20ClNO2. The molecular weight excluding hydrogens is 334 g/mol. The third kappa shape index (κ3) is 2.54. The number of hydrogen-bond donors (Lipinski definition) is 1. The first-order chi connectivity index (χ1) is 12.1. The van der Waals surface area contributed by atoms with Crippen molar-refractivity contribution in [3.05, 3.63) is 75.8 Å². The van der Waals surface area contributed by atoms with E-state index in [1.165, 1.54) is 7.11 Å². The average Bonchev–Trinajstić information content (AvgIpc) is 3.11. The second kappa shape index (κ2) is 6.23. The molecule has 2 aromatic rings. The number of methoxy groups -OCH3 is 1. The van der Waals surface area contributed by atoms with E-state index in [-0.39, 0.29) is 17.9 Å². The molecule has 1 aliphatic carbocycles. The Morgan fingerprint density at radius 1 is 1.24 bits per heavy atom. The van der Waals surface area contributed by atoms with Crippen LogP contribution in [0.5, 0.6) is 0 Å². The van der Waals surface area contributed by atoms with Gasteiger partial charge >= 0.3 is 5.97 Å². The van der Waals surface area contributed by atoms with E-state index in [9.17, 15) is 4.79 Å². The van der Waals surface area contributed by atoms with Gasteiger partial charge < -0.3 is 10.1 Å². The molecule has 1 aliphatic heterocycles. The number of fused-ring (bicyclic) bond motifs is 3. The fourth-order valence-electron chi connectivity index (χ4n) is 4.18. The van der Waals surface area contributed by atoms with Crippen LogP contribution in [0, 0.1) is 12.8 Å². The minimum absolute atomic E-state index is 0.118. The summed E-state index contributed by atoms with van der Waals surface area (Å²) in [5.41, 5.74) is 4.96. The van der Waals surface area contributed by atoms with Gasteiger partial charge in [0.1, 0.15) is 0 Å². The van der Waals surface area contributed by atoms with Crippen molar-refractivity contribution in [3.8, 4) is 0 Å². The van der Waals surface area contributed by atoms with Crippen molar-refractivity contribution in [2.45, 2.75) is 25.3 Å². The Kier molecular flexibility index (Phi) is 4.04. The van der Waals surface area contributed by atoms with Crippen LogP contribution >= 0.6 is 11.6 Å². The summed E-state index contributed by atoms with van der Waals surface area (Å²) in [5, 5.41) is 4.45. The largest absolute Gasteiger partial charge is 0.465 e. The Labute approximate surface area is 152 Å². The summed E-state index contributed by atoms with van der Waals surface area (Å²) in [4.78, 5) is 12.3. The maximum atomic E-state index is 12.3. The molecule has 0 aromatic heterocycles. The number of carbonyl (C=O) groups is 1. The predicted octanol–water partition coefficient (Wildman–Crippen LogP) is 5.26. The number of benzene rings is 2. The molecule has 0 amide bonds. The smallest absolute Gasteiger partial charge is 0.338 e. The molecule has 25 heavy (non-hydrogen) atoms. The molecule has 2 aromatic carbocycles. The minimum Gasteiger partial charge on any atom is -0.465 e. The van der Waals surface area contributed by atoms with Gasteiger partial charge in [0.15, 0.2) is 0 Å². The highest BCUT2D eigenvalue weighted by Gasteiger charge is 2.41. The lowest BCUT2D eigenvalue weighted by Crippen LogP contribution is -2.31. The van der Waals surface area contributed by atoms with Crippen LogP contribution in [-0.2, 0) is 4.74 Å². The van der Waals surface area contributed by atoms with Gasteiger partial charge in [0.25, 0.3) is 0 Å². The molecule has 0 saturated heterocycles. The molecule has 3 atom stereocenters. The van der Waals surface area contributed by atoms with E-state index in [2.05, 4.69) is 30.5 Å². The molecule has 2 aliphatic rings. The van der Waals surface area contributed by atoms with Crippen molar-refractivity contribution in [2.75, 3.05) is 12.4 Å². The zero-order chi connectivity index (χ0) is 17.6. The number of halogens is 1. The van der Waals surface area contributed by atoms with Crippen LogP contribution in [0.15, 0.2) is 48.6 Å². The zero-order valence-corrected chi connectivity index (χ0v) is 15.0. The number of ether oxygens (including phenoxy) is 1.